The standard InChI is InChI=1S/C20H16FN3O4S/c21-14-6-8-15(9-7-14)23-17(25)10-22-18(26)11-28-20(27)16-12-29-19(24-16)13-4-2-1-3-5-13/h1-9,12H,10-11H2,(H,22,26)(H,23,25). The summed E-state index contributed by atoms with van der Waals surface area (Å²) < 4.78 is 17.7. The van der Waals surface area contributed by atoms with Gasteiger partial charge in [0.05, 0.1) is 6.54 Å². The van der Waals surface area contributed by atoms with Gasteiger partial charge in [-0.2, -0.15) is 0 Å². The van der Waals surface area contributed by atoms with Gasteiger partial charge < -0.3 is 15.4 Å². The van der Waals surface area contributed by atoms with E-state index in [1.54, 1.807) is 5.38 Å². The minimum absolute atomic E-state index is 0.107. The smallest absolute Gasteiger partial charge is 0.358 e. The number of aromatic nitrogens is 1. The van der Waals surface area contributed by atoms with Gasteiger partial charge in [-0.05, 0) is 24.3 Å². The molecule has 1 aromatic heterocycles. The summed E-state index contributed by atoms with van der Waals surface area (Å²) in [7, 11) is 0. The highest BCUT2D eigenvalue weighted by atomic mass is 32.1. The molecule has 0 bridgehead atoms. The molecule has 0 atom stereocenters. The van der Waals surface area contributed by atoms with Gasteiger partial charge in [0.15, 0.2) is 12.3 Å². The fourth-order valence-electron chi connectivity index (χ4n) is 2.25. The van der Waals surface area contributed by atoms with Crippen molar-refractivity contribution in [3.63, 3.8) is 0 Å². The lowest BCUT2D eigenvalue weighted by Gasteiger charge is -2.07. The van der Waals surface area contributed by atoms with Gasteiger partial charge in [0.1, 0.15) is 10.8 Å². The first kappa shape index (κ1) is 20.2. The van der Waals surface area contributed by atoms with Crippen LogP contribution in [0.3, 0.4) is 0 Å². The molecule has 0 unspecified atom stereocenters. The van der Waals surface area contributed by atoms with E-state index in [0.29, 0.717) is 10.7 Å². The van der Waals surface area contributed by atoms with E-state index >= 15 is 0 Å². The first-order valence-corrected chi connectivity index (χ1v) is 9.39. The molecule has 2 aromatic carbocycles. The quantitative estimate of drug-likeness (QED) is 0.581. The predicted molar refractivity (Wildman–Crippen MR) is 106 cm³/mol. The SMILES string of the molecule is O=C(COC(=O)c1csc(-c2ccccc2)n1)NCC(=O)Nc1ccc(F)cc1. The molecule has 3 aromatic rings. The van der Waals surface area contributed by atoms with E-state index in [-0.39, 0.29) is 12.2 Å². The van der Waals surface area contributed by atoms with Crippen LogP contribution in [0.1, 0.15) is 10.5 Å². The molecule has 2 N–H and O–H groups in total. The first-order valence-electron chi connectivity index (χ1n) is 8.51. The molecule has 148 valence electrons. The van der Waals surface area contributed by atoms with Gasteiger partial charge in [-0.25, -0.2) is 14.2 Å². The lowest BCUT2D eigenvalue weighted by atomic mass is 10.2. The van der Waals surface area contributed by atoms with Crippen LogP contribution in [0.4, 0.5) is 10.1 Å². The zero-order valence-electron chi connectivity index (χ0n) is 15.1. The van der Waals surface area contributed by atoms with Crippen LogP contribution in [-0.2, 0) is 14.3 Å². The van der Waals surface area contributed by atoms with Crippen LogP contribution in [0.2, 0.25) is 0 Å². The van der Waals surface area contributed by atoms with Crippen molar-refractivity contribution in [2.45, 2.75) is 0 Å². The Bertz CT molecular complexity index is 1010. The summed E-state index contributed by atoms with van der Waals surface area (Å²) in [6.45, 7) is -0.858. The minimum Gasteiger partial charge on any atom is -0.451 e. The van der Waals surface area contributed by atoms with E-state index in [1.807, 2.05) is 30.3 Å². The molecule has 0 aliphatic heterocycles. The van der Waals surface area contributed by atoms with Crippen molar-refractivity contribution in [1.29, 1.82) is 0 Å². The van der Waals surface area contributed by atoms with Gasteiger partial charge in [0.2, 0.25) is 5.91 Å². The van der Waals surface area contributed by atoms with Crippen molar-refractivity contribution in [2.24, 2.45) is 0 Å². The number of carbonyl (C=O) groups is 3. The van der Waals surface area contributed by atoms with Gasteiger partial charge in [-0.3, -0.25) is 9.59 Å². The second kappa shape index (κ2) is 9.56. The first-order chi connectivity index (χ1) is 14.0. The molecule has 3 rings (SSSR count). The van der Waals surface area contributed by atoms with Crippen LogP contribution in [0, 0.1) is 5.82 Å². The highest BCUT2D eigenvalue weighted by molar-refractivity contribution is 7.13. The van der Waals surface area contributed by atoms with Crippen molar-refractivity contribution in [1.82, 2.24) is 10.3 Å². The number of carbonyl (C=O) groups excluding carboxylic acids is 3. The second-order valence-electron chi connectivity index (χ2n) is 5.81. The van der Waals surface area contributed by atoms with E-state index in [9.17, 15) is 18.8 Å². The molecule has 0 saturated heterocycles. The Labute approximate surface area is 169 Å². The zero-order valence-corrected chi connectivity index (χ0v) is 15.9. The summed E-state index contributed by atoms with van der Waals surface area (Å²) in [5.74, 6) is -2.28. The van der Waals surface area contributed by atoms with Crippen LogP contribution < -0.4 is 10.6 Å². The van der Waals surface area contributed by atoms with E-state index in [4.69, 9.17) is 4.74 Å². The third-order valence-electron chi connectivity index (χ3n) is 3.64. The molecule has 7 nitrogen and oxygen atoms in total. The Morgan fingerprint density at radius 2 is 1.72 bits per heavy atom. The maximum Gasteiger partial charge on any atom is 0.358 e. The number of amides is 2. The molecule has 29 heavy (non-hydrogen) atoms. The van der Waals surface area contributed by atoms with Gasteiger partial charge in [-0.15, -0.1) is 11.3 Å². The maximum absolute atomic E-state index is 12.8. The summed E-state index contributed by atoms with van der Waals surface area (Å²) in [6.07, 6.45) is 0. The highest BCUT2D eigenvalue weighted by Gasteiger charge is 2.15. The average molecular weight is 413 g/mol. The Hall–Kier alpha value is -3.59. The number of anilines is 1. The van der Waals surface area contributed by atoms with Crippen LogP contribution >= 0.6 is 11.3 Å². The minimum atomic E-state index is -0.727. The largest absolute Gasteiger partial charge is 0.451 e. The van der Waals surface area contributed by atoms with Crippen molar-refractivity contribution in [3.8, 4) is 10.6 Å². The molecular weight excluding hydrogens is 397 g/mol. The van der Waals surface area contributed by atoms with E-state index < -0.39 is 30.2 Å². The Kier molecular flexibility index (Phi) is 6.64. The van der Waals surface area contributed by atoms with Gasteiger partial charge in [0.25, 0.3) is 5.91 Å². The van der Waals surface area contributed by atoms with Crippen LogP contribution in [-0.4, -0.2) is 35.9 Å². The normalized spacial score (nSPS) is 10.2. The Morgan fingerprint density at radius 1 is 1.00 bits per heavy atom. The number of nitrogens with zero attached hydrogens (tertiary/aromatic N) is 1. The molecule has 0 spiro atoms. The van der Waals surface area contributed by atoms with Crippen molar-refractivity contribution in [3.05, 3.63) is 71.5 Å². The molecule has 0 radical (unpaired) electrons. The molecule has 0 aliphatic rings. The van der Waals surface area contributed by atoms with E-state index in [2.05, 4.69) is 15.6 Å². The number of ether oxygens (including phenoxy) is 1. The number of thiazole rings is 1. The predicted octanol–water partition coefficient (Wildman–Crippen LogP) is 2.86. The summed E-state index contributed by atoms with van der Waals surface area (Å²) in [5.41, 5.74) is 1.38. The number of hydrogen-bond donors (Lipinski definition) is 2. The molecule has 0 fully saturated rings. The van der Waals surface area contributed by atoms with Crippen molar-refractivity contribution >= 4 is 34.8 Å². The molecule has 9 heteroatoms. The summed E-state index contributed by atoms with van der Waals surface area (Å²) >= 11 is 1.29. The number of esters is 1. The lowest BCUT2D eigenvalue weighted by Crippen LogP contribution is -2.35. The van der Waals surface area contributed by atoms with Crippen molar-refractivity contribution in [2.75, 3.05) is 18.5 Å². The Balaban J connectivity index is 1.42. The Morgan fingerprint density at radius 3 is 2.45 bits per heavy atom. The number of benzene rings is 2. The molecule has 0 saturated carbocycles. The molecule has 1 heterocycles. The third-order valence-corrected chi connectivity index (χ3v) is 4.53. The summed E-state index contributed by atoms with van der Waals surface area (Å²) in [6, 6.07) is 14.6. The van der Waals surface area contributed by atoms with Crippen LogP contribution in [0.15, 0.2) is 60.0 Å². The van der Waals surface area contributed by atoms with Crippen LogP contribution in [0.25, 0.3) is 10.6 Å². The lowest BCUT2D eigenvalue weighted by molar-refractivity contribution is -0.126. The summed E-state index contributed by atoms with van der Waals surface area (Å²) in [4.78, 5) is 39.8. The number of hydrogen-bond acceptors (Lipinski definition) is 6. The monoisotopic (exact) mass is 413 g/mol. The van der Waals surface area contributed by atoms with E-state index in [0.717, 1.165) is 5.56 Å². The van der Waals surface area contributed by atoms with Crippen LogP contribution in [0.5, 0.6) is 0 Å². The molecular formula is C20H16FN3O4S. The fourth-order valence-corrected chi connectivity index (χ4v) is 3.05. The highest BCUT2D eigenvalue weighted by Crippen LogP contribution is 2.23. The van der Waals surface area contributed by atoms with Gasteiger partial charge in [-0.1, -0.05) is 30.3 Å². The molecule has 0 aliphatic carbocycles. The van der Waals surface area contributed by atoms with Gasteiger partial charge in [0, 0.05) is 16.6 Å². The average Bonchev–Trinajstić information content (AvgIpc) is 3.23. The fraction of sp³-hybridized carbons (Fsp3) is 0.100. The number of halogens is 1. The maximum atomic E-state index is 12.8. The topological polar surface area (TPSA) is 97.4 Å². The number of nitrogens with one attached hydrogen (secondary N) is 2. The van der Waals surface area contributed by atoms with E-state index in [1.165, 1.54) is 35.6 Å². The van der Waals surface area contributed by atoms with Crippen molar-refractivity contribution < 1.29 is 23.5 Å². The molecule has 2 amide bonds. The third kappa shape index (κ3) is 5.94. The number of rotatable bonds is 7. The zero-order chi connectivity index (χ0) is 20.6. The second-order valence-corrected chi connectivity index (χ2v) is 6.67. The van der Waals surface area contributed by atoms with Gasteiger partial charge >= 0.3 is 5.97 Å². The summed E-state index contributed by atoms with van der Waals surface area (Å²) in [5, 5.41) is 7.05.